The fraction of sp³-hybridized carbons (Fsp3) is 0.550. The Morgan fingerprint density at radius 3 is 2.50 bits per heavy atom. The van der Waals surface area contributed by atoms with Gasteiger partial charge in [-0.05, 0) is 38.3 Å². The lowest BCUT2D eigenvalue weighted by Gasteiger charge is -2.30. The summed E-state index contributed by atoms with van der Waals surface area (Å²) in [6.07, 6.45) is 4.68. The van der Waals surface area contributed by atoms with E-state index in [1.54, 1.807) is 0 Å². The molecule has 1 spiro atoms. The first-order valence-electron chi connectivity index (χ1n) is 9.86. The number of nitrogens with one attached hydrogen (secondary N) is 2. The summed E-state index contributed by atoms with van der Waals surface area (Å²) in [4.78, 5) is 37.0. The molecular weight excluding hydrogens is 362 g/mol. The molecule has 1 aromatic rings. The molecule has 0 unspecified atom stereocenters. The average molecular weight is 389 g/mol. The molecule has 0 aromatic heterocycles. The van der Waals surface area contributed by atoms with Crippen molar-refractivity contribution in [1.82, 2.24) is 15.8 Å². The number of amides is 4. The van der Waals surface area contributed by atoms with Crippen LogP contribution in [0.25, 0.3) is 0 Å². The number of benzene rings is 1. The van der Waals surface area contributed by atoms with Crippen molar-refractivity contribution in [2.75, 3.05) is 13.2 Å². The number of nitrogens with zero attached hydrogens (tertiary/aromatic N) is 1. The molecular formula is C20H27N3O5. The maximum absolute atomic E-state index is 12.6. The molecule has 28 heavy (non-hydrogen) atoms. The molecule has 0 atom stereocenters. The van der Waals surface area contributed by atoms with Crippen LogP contribution in [0.5, 0.6) is 11.5 Å². The molecule has 1 aliphatic heterocycles. The largest absolute Gasteiger partial charge is 0.490 e. The van der Waals surface area contributed by atoms with Crippen molar-refractivity contribution < 1.29 is 23.9 Å². The molecule has 8 nitrogen and oxygen atoms in total. The number of hydrazine groups is 1. The van der Waals surface area contributed by atoms with Gasteiger partial charge in [0.2, 0.25) is 5.91 Å². The van der Waals surface area contributed by atoms with Gasteiger partial charge in [-0.15, -0.1) is 0 Å². The number of ether oxygens (including phenoxy) is 2. The highest BCUT2D eigenvalue weighted by molar-refractivity contribution is 6.07. The first-order valence-corrected chi connectivity index (χ1v) is 9.86. The summed E-state index contributed by atoms with van der Waals surface area (Å²) in [6, 6.07) is 6.79. The molecule has 1 heterocycles. The van der Waals surface area contributed by atoms with E-state index in [0.29, 0.717) is 44.0 Å². The Bertz CT molecular complexity index is 730. The van der Waals surface area contributed by atoms with Gasteiger partial charge < -0.3 is 14.8 Å². The molecule has 2 fully saturated rings. The van der Waals surface area contributed by atoms with Crippen LogP contribution in [0.1, 0.15) is 51.9 Å². The van der Waals surface area contributed by atoms with Crippen LogP contribution in [0.15, 0.2) is 24.3 Å². The summed E-state index contributed by atoms with van der Waals surface area (Å²) in [6.45, 7) is 2.76. The van der Waals surface area contributed by atoms with E-state index in [0.717, 1.165) is 24.3 Å². The molecule has 2 aliphatic rings. The summed E-state index contributed by atoms with van der Waals surface area (Å²) in [5.74, 6) is 0.537. The number of rotatable bonds is 8. The van der Waals surface area contributed by atoms with Crippen molar-refractivity contribution in [3.8, 4) is 11.5 Å². The van der Waals surface area contributed by atoms with Crippen molar-refractivity contribution in [3.63, 3.8) is 0 Å². The van der Waals surface area contributed by atoms with Gasteiger partial charge in [0.15, 0.2) is 11.5 Å². The van der Waals surface area contributed by atoms with Crippen molar-refractivity contribution in [1.29, 1.82) is 0 Å². The van der Waals surface area contributed by atoms with E-state index in [9.17, 15) is 14.4 Å². The topological polar surface area (TPSA) is 97.0 Å². The minimum atomic E-state index is -0.839. The number of hydrogen-bond acceptors (Lipinski definition) is 5. The Hall–Kier alpha value is -2.77. The molecule has 4 amide bonds. The second-order valence-corrected chi connectivity index (χ2v) is 7.08. The summed E-state index contributed by atoms with van der Waals surface area (Å²) in [7, 11) is 0. The van der Waals surface area contributed by atoms with Crippen LogP contribution < -0.4 is 20.2 Å². The monoisotopic (exact) mass is 389 g/mol. The van der Waals surface area contributed by atoms with Gasteiger partial charge in [-0.3, -0.25) is 15.0 Å². The van der Waals surface area contributed by atoms with Gasteiger partial charge >= 0.3 is 6.03 Å². The highest BCUT2D eigenvalue weighted by Gasteiger charge is 2.52. The van der Waals surface area contributed by atoms with Crippen LogP contribution in [0.2, 0.25) is 0 Å². The van der Waals surface area contributed by atoms with Crippen LogP contribution in [0.3, 0.4) is 0 Å². The Kier molecular flexibility index (Phi) is 6.38. The maximum Gasteiger partial charge on any atom is 0.344 e. The van der Waals surface area contributed by atoms with Gasteiger partial charge in [0.05, 0.1) is 13.2 Å². The first-order chi connectivity index (χ1) is 13.6. The molecule has 1 aromatic carbocycles. The van der Waals surface area contributed by atoms with E-state index in [2.05, 4.69) is 10.7 Å². The van der Waals surface area contributed by atoms with Crippen LogP contribution in [-0.4, -0.2) is 41.6 Å². The molecule has 2 N–H and O–H groups in total. The van der Waals surface area contributed by atoms with Gasteiger partial charge in [0.1, 0.15) is 5.54 Å². The molecule has 1 saturated carbocycles. The van der Waals surface area contributed by atoms with E-state index in [1.165, 1.54) is 0 Å². The maximum atomic E-state index is 12.6. The molecule has 152 valence electrons. The molecule has 0 radical (unpaired) electrons. The van der Waals surface area contributed by atoms with E-state index in [-0.39, 0.29) is 12.3 Å². The fourth-order valence-electron chi connectivity index (χ4n) is 3.66. The number of urea groups is 1. The van der Waals surface area contributed by atoms with Crippen LogP contribution in [0.4, 0.5) is 4.79 Å². The quantitative estimate of drug-likeness (QED) is 0.526. The Balaban J connectivity index is 1.45. The second-order valence-electron chi connectivity index (χ2n) is 7.08. The summed E-state index contributed by atoms with van der Waals surface area (Å²) in [5, 5.41) is 3.60. The van der Waals surface area contributed by atoms with Crippen molar-refractivity contribution >= 4 is 17.8 Å². The lowest BCUT2D eigenvalue weighted by Crippen LogP contribution is -2.50. The zero-order valence-corrected chi connectivity index (χ0v) is 16.2. The lowest BCUT2D eigenvalue weighted by molar-refractivity contribution is -0.140. The van der Waals surface area contributed by atoms with Gasteiger partial charge in [-0.1, -0.05) is 31.4 Å². The number of hydrogen-bond donors (Lipinski definition) is 2. The molecule has 3 rings (SSSR count). The van der Waals surface area contributed by atoms with Gasteiger partial charge in [-0.2, -0.15) is 5.01 Å². The summed E-state index contributed by atoms with van der Waals surface area (Å²) in [5.41, 5.74) is 1.59. The second kappa shape index (κ2) is 8.95. The van der Waals surface area contributed by atoms with Crippen LogP contribution in [0, 0.1) is 0 Å². The van der Waals surface area contributed by atoms with Gasteiger partial charge in [0.25, 0.3) is 5.91 Å². The SMILES string of the molecule is CCOc1ccccc1OCCCC(=O)NN1C(=O)NC2(CCCCC2)C1=O. The van der Waals surface area contributed by atoms with Crippen LogP contribution in [-0.2, 0) is 9.59 Å². The zero-order valence-electron chi connectivity index (χ0n) is 16.2. The van der Waals surface area contributed by atoms with Crippen molar-refractivity contribution in [2.45, 2.75) is 57.4 Å². The first kappa shape index (κ1) is 20.0. The predicted molar refractivity (Wildman–Crippen MR) is 102 cm³/mol. The number of imide groups is 1. The predicted octanol–water partition coefficient (Wildman–Crippen LogP) is 2.53. The van der Waals surface area contributed by atoms with Crippen LogP contribution >= 0.6 is 0 Å². The minimum Gasteiger partial charge on any atom is -0.490 e. The number of para-hydroxylation sites is 2. The highest BCUT2D eigenvalue weighted by atomic mass is 16.5. The fourth-order valence-corrected chi connectivity index (χ4v) is 3.66. The molecule has 0 bridgehead atoms. The standard InChI is InChI=1S/C20H27N3O5/c1-2-27-15-9-4-5-10-16(15)28-14-8-11-17(24)22-23-18(25)20(21-19(23)26)12-6-3-7-13-20/h4-5,9-10H,2-3,6-8,11-14H2,1H3,(H,21,26)(H,22,24). The Labute approximate surface area is 164 Å². The third-order valence-corrected chi connectivity index (χ3v) is 5.06. The third kappa shape index (κ3) is 4.37. The average Bonchev–Trinajstić information content (AvgIpc) is 2.91. The number of carbonyl (C=O) groups is 3. The minimum absolute atomic E-state index is 0.140. The molecule has 1 saturated heterocycles. The zero-order chi connectivity index (χ0) is 20.0. The normalized spacial score (nSPS) is 18.1. The van der Waals surface area contributed by atoms with Gasteiger partial charge in [-0.25, -0.2) is 4.79 Å². The van der Waals surface area contributed by atoms with E-state index < -0.39 is 17.5 Å². The highest BCUT2D eigenvalue weighted by Crippen LogP contribution is 2.33. The Morgan fingerprint density at radius 1 is 1.14 bits per heavy atom. The van der Waals surface area contributed by atoms with E-state index in [4.69, 9.17) is 9.47 Å². The van der Waals surface area contributed by atoms with Crippen molar-refractivity contribution in [2.24, 2.45) is 0 Å². The Morgan fingerprint density at radius 2 is 1.82 bits per heavy atom. The van der Waals surface area contributed by atoms with Crippen molar-refractivity contribution in [3.05, 3.63) is 24.3 Å². The van der Waals surface area contributed by atoms with E-state index in [1.807, 2.05) is 31.2 Å². The lowest BCUT2D eigenvalue weighted by atomic mass is 9.82. The summed E-state index contributed by atoms with van der Waals surface area (Å²) >= 11 is 0. The smallest absolute Gasteiger partial charge is 0.344 e. The summed E-state index contributed by atoms with van der Waals surface area (Å²) < 4.78 is 11.2. The van der Waals surface area contributed by atoms with E-state index >= 15 is 0 Å². The van der Waals surface area contributed by atoms with Gasteiger partial charge in [0, 0.05) is 6.42 Å². The third-order valence-electron chi connectivity index (χ3n) is 5.06. The molecule has 8 heteroatoms. The number of carbonyl (C=O) groups excluding carboxylic acids is 3. The molecule has 1 aliphatic carbocycles.